The topological polar surface area (TPSA) is 26.3 Å². The predicted octanol–water partition coefficient (Wildman–Crippen LogP) is 2.56. The van der Waals surface area contributed by atoms with Crippen molar-refractivity contribution < 1.29 is 9.53 Å². The highest BCUT2D eigenvalue weighted by Gasteiger charge is 2.04. The van der Waals surface area contributed by atoms with Crippen LogP contribution in [0.1, 0.15) is 45.4 Å². The Morgan fingerprint density at radius 3 is 2.58 bits per heavy atom. The normalized spacial score (nSPS) is 12.8. The maximum atomic E-state index is 10.2. The van der Waals surface area contributed by atoms with Gasteiger partial charge in [0.2, 0.25) is 0 Å². The Morgan fingerprint density at radius 1 is 1.33 bits per heavy atom. The molecule has 72 valence electrons. The zero-order valence-electron chi connectivity index (χ0n) is 8.21. The monoisotopic (exact) mass is 172 g/mol. The number of carbonyl (C=O) groups excluding carboxylic acids is 1. The van der Waals surface area contributed by atoms with Crippen molar-refractivity contribution in [1.82, 2.24) is 0 Å². The lowest BCUT2D eigenvalue weighted by Gasteiger charge is -2.11. The molecule has 0 N–H and O–H groups in total. The number of methoxy groups -OCH3 is 1. The minimum Gasteiger partial charge on any atom is -0.381 e. The number of ether oxygens (including phenoxy) is 1. The molecule has 0 aromatic rings. The molecule has 0 aliphatic carbocycles. The molecule has 0 aliphatic rings. The first-order valence-electron chi connectivity index (χ1n) is 4.81. The van der Waals surface area contributed by atoms with Gasteiger partial charge in [0.15, 0.2) is 0 Å². The molecule has 0 rings (SSSR count). The van der Waals surface area contributed by atoms with E-state index in [4.69, 9.17) is 4.74 Å². The molecule has 2 nitrogen and oxygen atoms in total. The lowest BCUT2D eigenvalue weighted by Crippen LogP contribution is -2.10. The summed E-state index contributed by atoms with van der Waals surface area (Å²) in [7, 11) is 1.67. The van der Waals surface area contributed by atoms with E-state index >= 15 is 0 Å². The molecule has 0 fully saturated rings. The summed E-state index contributed by atoms with van der Waals surface area (Å²) in [5.74, 6) is 0. The largest absolute Gasteiger partial charge is 0.381 e. The smallest absolute Gasteiger partial charge is 0.122 e. The molecule has 1 unspecified atom stereocenters. The standard InChI is InChI=1S/C10H20O2/c1-3-4-5-6-7-10(12-2)8-9-11/h9-10H,3-8H2,1-2H3. The molecule has 0 amide bonds. The third-order valence-electron chi connectivity index (χ3n) is 2.07. The average molecular weight is 172 g/mol. The van der Waals surface area contributed by atoms with E-state index in [9.17, 15) is 4.79 Å². The highest BCUT2D eigenvalue weighted by atomic mass is 16.5. The minimum atomic E-state index is 0.152. The molecule has 0 saturated heterocycles. The van der Waals surface area contributed by atoms with Crippen molar-refractivity contribution in [2.75, 3.05) is 7.11 Å². The van der Waals surface area contributed by atoms with Crippen LogP contribution in [-0.2, 0) is 9.53 Å². The summed E-state index contributed by atoms with van der Waals surface area (Å²) >= 11 is 0. The van der Waals surface area contributed by atoms with Gasteiger partial charge in [0.05, 0.1) is 6.10 Å². The summed E-state index contributed by atoms with van der Waals surface area (Å²) in [6, 6.07) is 0. The number of hydrogen-bond acceptors (Lipinski definition) is 2. The van der Waals surface area contributed by atoms with Crippen molar-refractivity contribution in [2.45, 2.75) is 51.6 Å². The van der Waals surface area contributed by atoms with Gasteiger partial charge in [-0.05, 0) is 6.42 Å². The maximum Gasteiger partial charge on any atom is 0.122 e. The van der Waals surface area contributed by atoms with E-state index in [0.717, 1.165) is 12.7 Å². The van der Waals surface area contributed by atoms with Gasteiger partial charge in [0.1, 0.15) is 6.29 Å². The third kappa shape index (κ3) is 6.35. The van der Waals surface area contributed by atoms with Crippen LogP contribution in [0.3, 0.4) is 0 Å². The molecule has 0 radical (unpaired) electrons. The fraction of sp³-hybridized carbons (Fsp3) is 0.900. The molecule has 0 aromatic carbocycles. The van der Waals surface area contributed by atoms with Gasteiger partial charge < -0.3 is 9.53 Å². The van der Waals surface area contributed by atoms with Crippen molar-refractivity contribution in [2.24, 2.45) is 0 Å². The van der Waals surface area contributed by atoms with E-state index < -0.39 is 0 Å². The minimum absolute atomic E-state index is 0.152. The Balaban J connectivity index is 3.25. The van der Waals surface area contributed by atoms with E-state index in [1.807, 2.05) is 0 Å². The molecule has 0 spiro atoms. The second-order valence-electron chi connectivity index (χ2n) is 3.11. The van der Waals surface area contributed by atoms with Crippen LogP contribution in [0.15, 0.2) is 0 Å². The summed E-state index contributed by atoms with van der Waals surface area (Å²) in [6.45, 7) is 2.19. The van der Waals surface area contributed by atoms with Gasteiger partial charge in [-0.25, -0.2) is 0 Å². The highest BCUT2D eigenvalue weighted by molar-refractivity contribution is 5.50. The predicted molar refractivity (Wildman–Crippen MR) is 50.2 cm³/mol. The maximum absolute atomic E-state index is 10.2. The van der Waals surface area contributed by atoms with Gasteiger partial charge in [-0.1, -0.05) is 32.6 Å². The number of aldehydes is 1. The number of hydrogen-bond donors (Lipinski definition) is 0. The molecule has 0 saturated carbocycles. The fourth-order valence-electron chi connectivity index (χ4n) is 1.24. The van der Waals surface area contributed by atoms with Gasteiger partial charge in [0, 0.05) is 13.5 Å². The van der Waals surface area contributed by atoms with Gasteiger partial charge in [-0.3, -0.25) is 0 Å². The highest BCUT2D eigenvalue weighted by Crippen LogP contribution is 2.09. The molecule has 0 aromatic heterocycles. The van der Waals surface area contributed by atoms with Crippen molar-refractivity contribution in [1.29, 1.82) is 0 Å². The first-order chi connectivity index (χ1) is 5.85. The average Bonchev–Trinajstić information content (AvgIpc) is 2.10. The Morgan fingerprint density at radius 2 is 2.08 bits per heavy atom. The summed E-state index contributed by atoms with van der Waals surface area (Å²) in [5, 5.41) is 0. The van der Waals surface area contributed by atoms with Gasteiger partial charge >= 0.3 is 0 Å². The summed E-state index contributed by atoms with van der Waals surface area (Å²) in [4.78, 5) is 10.2. The second-order valence-corrected chi connectivity index (χ2v) is 3.11. The van der Waals surface area contributed by atoms with Gasteiger partial charge in [-0.15, -0.1) is 0 Å². The Bertz CT molecular complexity index is 102. The molecular formula is C10H20O2. The SMILES string of the molecule is CCCCCCC(CC=O)OC. The van der Waals surface area contributed by atoms with Gasteiger partial charge in [0.25, 0.3) is 0 Å². The third-order valence-corrected chi connectivity index (χ3v) is 2.07. The number of carbonyl (C=O) groups is 1. The van der Waals surface area contributed by atoms with Gasteiger partial charge in [-0.2, -0.15) is 0 Å². The lowest BCUT2D eigenvalue weighted by atomic mass is 10.1. The van der Waals surface area contributed by atoms with E-state index in [0.29, 0.717) is 6.42 Å². The van der Waals surface area contributed by atoms with Crippen molar-refractivity contribution in [3.63, 3.8) is 0 Å². The van der Waals surface area contributed by atoms with Crippen molar-refractivity contribution >= 4 is 6.29 Å². The van der Waals surface area contributed by atoms with Crippen LogP contribution in [-0.4, -0.2) is 19.5 Å². The van der Waals surface area contributed by atoms with Crippen molar-refractivity contribution in [3.8, 4) is 0 Å². The zero-order chi connectivity index (χ0) is 9.23. The summed E-state index contributed by atoms with van der Waals surface area (Å²) in [5.41, 5.74) is 0. The molecule has 1 atom stereocenters. The zero-order valence-corrected chi connectivity index (χ0v) is 8.21. The van der Waals surface area contributed by atoms with Crippen LogP contribution < -0.4 is 0 Å². The quantitative estimate of drug-likeness (QED) is 0.415. The molecule has 2 heteroatoms. The molecule has 0 heterocycles. The fourth-order valence-corrected chi connectivity index (χ4v) is 1.24. The van der Waals surface area contributed by atoms with E-state index in [1.54, 1.807) is 7.11 Å². The van der Waals surface area contributed by atoms with Crippen LogP contribution in [0.4, 0.5) is 0 Å². The molecule has 0 aliphatic heterocycles. The summed E-state index contributed by atoms with van der Waals surface area (Å²) < 4.78 is 5.14. The first-order valence-corrected chi connectivity index (χ1v) is 4.81. The van der Waals surface area contributed by atoms with Crippen LogP contribution in [0.5, 0.6) is 0 Å². The Labute approximate surface area is 75.3 Å². The Hall–Kier alpha value is -0.370. The van der Waals surface area contributed by atoms with Crippen molar-refractivity contribution in [3.05, 3.63) is 0 Å². The molecular weight excluding hydrogens is 152 g/mol. The van der Waals surface area contributed by atoms with Crippen LogP contribution >= 0.6 is 0 Å². The summed E-state index contributed by atoms with van der Waals surface area (Å²) in [6.07, 6.45) is 7.64. The molecule has 12 heavy (non-hydrogen) atoms. The van der Waals surface area contributed by atoms with E-state index in [1.165, 1.54) is 25.7 Å². The molecule has 0 bridgehead atoms. The van der Waals surface area contributed by atoms with E-state index in [2.05, 4.69) is 6.92 Å². The van der Waals surface area contributed by atoms with Crippen LogP contribution in [0, 0.1) is 0 Å². The Kier molecular flexibility index (Phi) is 8.46. The van der Waals surface area contributed by atoms with Crippen LogP contribution in [0.25, 0.3) is 0 Å². The first kappa shape index (κ1) is 11.6. The number of unbranched alkanes of at least 4 members (excludes halogenated alkanes) is 3. The number of rotatable bonds is 8. The lowest BCUT2D eigenvalue weighted by molar-refractivity contribution is -0.110. The van der Waals surface area contributed by atoms with Crippen LogP contribution in [0.2, 0.25) is 0 Å². The van der Waals surface area contributed by atoms with E-state index in [-0.39, 0.29) is 6.10 Å². The second kappa shape index (κ2) is 8.72.